The maximum absolute atomic E-state index is 12.3. The fourth-order valence-electron chi connectivity index (χ4n) is 2.53. The Balaban J connectivity index is 1.49. The number of anilines is 1. The number of rotatable bonds is 4. The summed E-state index contributed by atoms with van der Waals surface area (Å²) in [4.78, 5) is 18.6. The number of halogens is 2. The fraction of sp³-hybridized carbons (Fsp3) is 0.429. The van der Waals surface area contributed by atoms with E-state index < -0.39 is 0 Å². The van der Waals surface area contributed by atoms with Gasteiger partial charge in [0, 0.05) is 30.2 Å². The Labute approximate surface area is 148 Å². The number of aromatic nitrogens is 3. The van der Waals surface area contributed by atoms with Gasteiger partial charge in [0.25, 0.3) is 0 Å². The molecule has 6 nitrogen and oxygen atoms in total. The standard InChI is InChI=1S/C14H15Cl2N5OS/c15-10-1-2-12(17-7-10)18-14(22)9-3-5-21(6-4-9)8-11-13(16)23-20-19-11/h1-2,7,9H,3-6,8H2,(H,17,18,22). The van der Waals surface area contributed by atoms with Crippen molar-refractivity contribution >= 4 is 46.5 Å². The van der Waals surface area contributed by atoms with Gasteiger partial charge < -0.3 is 5.32 Å². The lowest BCUT2D eigenvalue weighted by Gasteiger charge is -2.30. The van der Waals surface area contributed by atoms with E-state index in [1.54, 1.807) is 12.1 Å². The third-order valence-corrected chi connectivity index (χ3v) is 5.03. The van der Waals surface area contributed by atoms with Gasteiger partial charge >= 0.3 is 0 Å². The van der Waals surface area contributed by atoms with Gasteiger partial charge in [0.2, 0.25) is 5.91 Å². The zero-order chi connectivity index (χ0) is 16.2. The number of piperidine rings is 1. The number of hydrogen-bond acceptors (Lipinski definition) is 6. The minimum atomic E-state index is -0.00670. The molecule has 0 saturated carbocycles. The second kappa shape index (κ2) is 7.53. The van der Waals surface area contributed by atoms with Crippen molar-refractivity contribution in [3.63, 3.8) is 0 Å². The van der Waals surface area contributed by atoms with E-state index in [1.165, 1.54) is 17.7 Å². The summed E-state index contributed by atoms with van der Waals surface area (Å²) in [7, 11) is 0. The van der Waals surface area contributed by atoms with E-state index in [0.717, 1.165) is 31.6 Å². The SMILES string of the molecule is O=C(Nc1ccc(Cl)cn1)C1CCN(Cc2nnsc2Cl)CC1. The van der Waals surface area contributed by atoms with Gasteiger partial charge in [-0.05, 0) is 38.1 Å². The van der Waals surface area contributed by atoms with Crippen molar-refractivity contribution in [3.05, 3.63) is 33.4 Å². The first-order valence-corrected chi connectivity index (χ1v) is 8.76. The average molecular weight is 372 g/mol. The van der Waals surface area contributed by atoms with Crippen molar-refractivity contribution in [2.24, 2.45) is 5.92 Å². The molecule has 23 heavy (non-hydrogen) atoms. The summed E-state index contributed by atoms with van der Waals surface area (Å²) in [5, 5.41) is 7.41. The zero-order valence-electron chi connectivity index (χ0n) is 12.2. The Bertz CT molecular complexity index is 670. The average Bonchev–Trinajstić information content (AvgIpc) is 2.95. The highest BCUT2D eigenvalue weighted by Gasteiger charge is 2.26. The normalized spacial score (nSPS) is 16.4. The van der Waals surface area contributed by atoms with Crippen LogP contribution in [-0.2, 0) is 11.3 Å². The van der Waals surface area contributed by atoms with Gasteiger partial charge in [0.15, 0.2) is 0 Å². The molecule has 2 aromatic heterocycles. The molecule has 9 heteroatoms. The molecule has 0 unspecified atom stereocenters. The number of likely N-dealkylation sites (tertiary alicyclic amines) is 1. The lowest BCUT2D eigenvalue weighted by Crippen LogP contribution is -2.38. The van der Waals surface area contributed by atoms with Crippen molar-refractivity contribution < 1.29 is 4.79 Å². The van der Waals surface area contributed by atoms with Gasteiger partial charge in [-0.25, -0.2) is 4.98 Å². The number of hydrogen-bond donors (Lipinski definition) is 1. The summed E-state index contributed by atoms with van der Waals surface area (Å²) in [6.07, 6.45) is 3.12. The topological polar surface area (TPSA) is 71.0 Å². The Morgan fingerprint density at radius 3 is 2.74 bits per heavy atom. The predicted octanol–water partition coefficient (Wildman–Crippen LogP) is 3.09. The smallest absolute Gasteiger partial charge is 0.228 e. The van der Waals surface area contributed by atoms with Crippen molar-refractivity contribution in [3.8, 4) is 0 Å². The molecular formula is C14H15Cl2N5OS. The highest BCUT2D eigenvalue weighted by molar-refractivity contribution is 7.10. The summed E-state index contributed by atoms with van der Waals surface area (Å²) in [6.45, 7) is 2.35. The summed E-state index contributed by atoms with van der Waals surface area (Å²) in [6, 6.07) is 3.41. The van der Waals surface area contributed by atoms with Crippen molar-refractivity contribution in [2.45, 2.75) is 19.4 Å². The van der Waals surface area contributed by atoms with Crippen LogP contribution in [0, 0.1) is 5.92 Å². The second-order valence-corrected chi connectivity index (χ2v) is 7.19. The Hall–Kier alpha value is -1.28. The molecule has 0 atom stereocenters. The summed E-state index contributed by atoms with van der Waals surface area (Å²) < 4.78 is 4.47. The highest BCUT2D eigenvalue weighted by Crippen LogP contribution is 2.23. The van der Waals surface area contributed by atoms with Gasteiger partial charge in [-0.1, -0.05) is 27.7 Å². The largest absolute Gasteiger partial charge is 0.310 e. The Morgan fingerprint density at radius 2 is 2.13 bits per heavy atom. The molecule has 3 heterocycles. The third-order valence-electron chi connectivity index (χ3n) is 3.82. The molecule has 1 aliphatic heterocycles. The fourth-order valence-corrected chi connectivity index (χ4v) is 3.26. The van der Waals surface area contributed by atoms with Crippen molar-refractivity contribution in [2.75, 3.05) is 18.4 Å². The van der Waals surface area contributed by atoms with Crippen LogP contribution in [0.25, 0.3) is 0 Å². The van der Waals surface area contributed by atoms with E-state index in [9.17, 15) is 4.79 Å². The molecule has 0 bridgehead atoms. The van der Waals surface area contributed by atoms with Crippen LogP contribution in [0.3, 0.4) is 0 Å². The minimum absolute atomic E-state index is 0.00670. The van der Waals surface area contributed by atoms with E-state index in [-0.39, 0.29) is 11.8 Å². The molecule has 1 aliphatic rings. The molecule has 2 aromatic rings. The highest BCUT2D eigenvalue weighted by atomic mass is 35.5. The molecular weight excluding hydrogens is 357 g/mol. The molecule has 1 fully saturated rings. The maximum atomic E-state index is 12.3. The van der Waals surface area contributed by atoms with E-state index in [2.05, 4.69) is 24.8 Å². The number of carbonyl (C=O) groups is 1. The molecule has 0 radical (unpaired) electrons. The predicted molar refractivity (Wildman–Crippen MR) is 90.8 cm³/mol. The molecule has 1 amide bonds. The third kappa shape index (κ3) is 4.38. The zero-order valence-corrected chi connectivity index (χ0v) is 14.5. The summed E-state index contributed by atoms with van der Waals surface area (Å²) >= 11 is 13.0. The number of pyridine rings is 1. The number of nitrogens with zero attached hydrogens (tertiary/aromatic N) is 4. The Morgan fingerprint density at radius 1 is 1.35 bits per heavy atom. The number of amides is 1. The van der Waals surface area contributed by atoms with Gasteiger partial charge in [-0.2, -0.15) is 0 Å². The second-order valence-electron chi connectivity index (χ2n) is 5.39. The van der Waals surface area contributed by atoms with Crippen LogP contribution in [0.5, 0.6) is 0 Å². The van der Waals surface area contributed by atoms with Gasteiger partial charge in [-0.15, -0.1) is 5.10 Å². The van der Waals surface area contributed by atoms with Gasteiger partial charge in [0.1, 0.15) is 15.8 Å². The lowest BCUT2D eigenvalue weighted by molar-refractivity contribution is -0.121. The monoisotopic (exact) mass is 371 g/mol. The van der Waals surface area contributed by atoms with Crippen LogP contribution >= 0.6 is 34.7 Å². The summed E-state index contributed by atoms with van der Waals surface area (Å²) in [5.74, 6) is 0.530. The van der Waals surface area contributed by atoms with Gasteiger partial charge in [-0.3, -0.25) is 9.69 Å². The number of carbonyl (C=O) groups excluding carboxylic acids is 1. The first-order chi connectivity index (χ1) is 11.1. The molecule has 0 aromatic carbocycles. The van der Waals surface area contributed by atoms with E-state index in [4.69, 9.17) is 23.2 Å². The first kappa shape index (κ1) is 16.6. The van der Waals surface area contributed by atoms with Crippen LogP contribution in [0.15, 0.2) is 18.3 Å². The van der Waals surface area contributed by atoms with Crippen LogP contribution in [0.1, 0.15) is 18.5 Å². The quantitative estimate of drug-likeness (QED) is 0.893. The minimum Gasteiger partial charge on any atom is -0.310 e. The molecule has 1 N–H and O–H groups in total. The van der Waals surface area contributed by atoms with Gasteiger partial charge in [0.05, 0.1) is 5.02 Å². The number of nitrogens with one attached hydrogen (secondary N) is 1. The molecule has 0 aliphatic carbocycles. The van der Waals surface area contributed by atoms with E-state index in [1.807, 2.05) is 0 Å². The van der Waals surface area contributed by atoms with Crippen LogP contribution in [0.4, 0.5) is 5.82 Å². The summed E-state index contributed by atoms with van der Waals surface area (Å²) in [5.41, 5.74) is 0.810. The van der Waals surface area contributed by atoms with Crippen molar-refractivity contribution in [1.82, 2.24) is 19.5 Å². The first-order valence-electron chi connectivity index (χ1n) is 7.23. The van der Waals surface area contributed by atoms with E-state index >= 15 is 0 Å². The molecule has 0 spiro atoms. The molecule has 122 valence electrons. The molecule has 1 saturated heterocycles. The lowest BCUT2D eigenvalue weighted by atomic mass is 9.96. The molecule has 3 rings (SSSR count). The van der Waals surface area contributed by atoms with Crippen LogP contribution in [-0.4, -0.2) is 38.5 Å². The van der Waals surface area contributed by atoms with Crippen LogP contribution in [0.2, 0.25) is 9.36 Å². The van der Waals surface area contributed by atoms with Crippen molar-refractivity contribution in [1.29, 1.82) is 0 Å². The van der Waals surface area contributed by atoms with Crippen LogP contribution < -0.4 is 5.32 Å². The Kier molecular flexibility index (Phi) is 5.42. The van der Waals surface area contributed by atoms with E-state index in [0.29, 0.717) is 21.7 Å². The maximum Gasteiger partial charge on any atom is 0.228 e.